The molecule has 0 unspecified atom stereocenters. The van der Waals surface area contributed by atoms with Crippen molar-refractivity contribution in [3.05, 3.63) is 47.1 Å². The van der Waals surface area contributed by atoms with E-state index in [-0.39, 0.29) is 12.5 Å². The standard InChI is InChI=1S/C21H24N4O2S/c1-14(2)12-25-17-9-10-18-20(16(17)11-22-25)23-21(28-18)24(3)19(26)13-27-15-7-5-4-6-8-15/h4-8,11,14H,9-10,12-13H2,1-3H3. The van der Waals surface area contributed by atoms with E-state index < -0.39 is 0 Å². The molecule has 146 valence electrons. The first-order valence-corrected chi connectivity index (χ1v) is 10.3. The van der Waals surface area contributed by atoms with Crippen LogP contribution in [0.4, 0.5) is 5.13 Å². The smallest absolute Gasteiger partial charge is 0.266 e. The molecule has 1 aliphatic rings. The second kappa shape index (κ2) is 7.75. The van der Waals surface area contributed by atoms with Gasteiger partial charge in [0, 0.05) is 29.7 Å². The van der Waals surface area contributed by atoms with Crippen LogP contribution in [0.15, 0.2) is 36.5 Å². The molecule has 7 heteroatoms. The van der Waals surface area contributed by atoms with E-state index >= 15 is 0 Å². The minimum Gasteiger partial charge on any atom is -0.484 e. The summed E-state index contributed by atoms with van der Waals surface area (Å²) >= 11 is 1.58. The Labute approximate surface area is 168 Å². The zero-order chi connectivity index (χ0) is 19.7. The van der Waals surface area contributed by atoms with Gasteiger partial charge in [0.1, 0.15) is 5.75 Å². The number of aryl methyl sites for hydroxylation is 1. The predicted molar refractivity (Wildman–Crippen MR) is 111 cm³/mol. The molecule has 0 fully saturated rings. The molecule has 1 aromatic carbocycles. The van der Waals surface area contributed by atoms with E-state index in [2.05, 4.69) is 23.6 Å². The van der Waals surface area contributed by atoms with Crippen molar-refractivity contribution >= 4 is 22.4 Å². The van der Waals surface area contributed by atoms with Crippen molar-refractivity contribution in [2.24, 2.45) is 5.92 Å². The average molecular weight is 397 g/mol. The van der Waals surface area contributed by atoms with Crippen LogP contribution in [0.2, 0.25) is 0 Å². The fourth-order valence-corrected chi connectivity index (χ4v) is 4.39. The molecule has 3 aromatic rings. The number of fused-ring (bicyclic) bond motifs is 3. The molecule has 0 aliphatic heterocycles. The Balaban J connectivity index is 1.50. The van der Waals surface area contributed by atoms with Crippen LogP contribution in [-0.2, 0) is 24.2 Å². The van der Waals surface area contributed by atoms with E-state index in [1.165, 1.54) is 10.6 Å². The highest BCUT2D eigenvalue weighted by Crippen LogP contribution is 2.39. The molecular formula is C21H24N4O2S. The molecule has 0 spiro atoms. The van der Waals surface area contributed by atoms with E-state index in [4.69, 9.17) is 9.72 Å². The molecule has 4 rings (SSSR count). The lowest BCUT2D eigenvalue weighted by atomic mass is 10.0. The summed E-state index contributed by atoms with van der Waals surface area (Å²) in [5.74, 6) is 1.11. The normalized spacial score (nSPS) is 12.6. The molecule has 2 heterocycles. The van der Waals surface area contributed by atoms with Crippen LogP contribution in [0, 0.1) is 5.92 Å². The van der Waals surface area contributed by atoms with Crippen molar-refractivity contribution in [1.29, 1.82) is 0 Å². The zero-order valence-corrected chi connectivity index (χ0v) is 17.2. The van der Waals surface area contributed by atoms with Gasteiger partial charge in [0.15, 0.2) is 11.7 Å². The summed E-state index contributed by atoms with van der Waals surface area (Å²) in [6, 6.07) is 9.36. The number of anilines is 1. The number of para-hydroxylation sites is 1. The van der Waals surface area contributed by atoms with Gasteiger partial charge in [-0.1, -0.05) is 32.0 Å². The number of likely N-dealkylation sites (N-methyl/N-ethyl adjacent to an activating group) is 1. The van der Waals surface area contributed by atoms with Gasteiger partial charge in [-0.05, 0) is 30.9 Å². The summed E-state index contributed by atoms with van der Waals surface area (Å²) in [4.78, 5) is 20.1. The van der Waals surface area contributed by atoms with Gasteiger partial charge in [0.25, 0.3) is 5.91 Å². The molecule has 28 heavy (non-hydrogen) atoms. The Bertz CT molecular complexity index is 978. The summed E-state index contributed by atoms with van der Waals surface area (Å²) < 4.78 is 7.68. The minimum absolute atomic E-state index is 0.0116. The molecular weight excluding hydrogens is 372 g/mol. The fourth-order valence-electron chi connectivity index (χ4n) is 3.34. The molecule has 1 aliphatic carbocycles. The van der Waals surface area contributed by atoms with Crippen molar-refractivity contribution in [3.63, 3.8) is 0 Å². The quantitative estimate of drug-likeness (QED) is 0.636. The predicted octanol–water partition coefficient (Wildman–Crippen LogP) is 3.80. The maximum Gasteiger partial charge on any atom is 0.266 e. The van der Waals surface area contributed by atoms with E-state index in [0.717, 1.165) is 30.6 Å². The Kier molecular flexibility index (Phi) is 5.17. The molecule has 0 N–H and O–H groups in total. The third-order valence-corrected chi connectivity index (χ3v) is 5.97. The number of amides is 1. The van der Waals surface area contributed by atoms with Gasteiger partial charge in [-0.3, -0.25) is 14.4 Å². The van der Waals surface area contributed by atoms with Crippen molar-refractivity contribution in [1.82, 2.24) is 14.8 Å². The lowest BCUT2D eigenvalue weighted by Crippen LogP contribution is -2.31. The topological polar surface area (TPSA) is 60.2 Å². The van der Waals surface area contributed by atoms with Crippen LogP contribution in [0.25, 0.3) is 11.3 Å². The number of rotatable bonds is 6. The molecule has 0 saturated carbocycles. The maximum atomic E-state index is 12.6. The highest BCUT2D eigenvalue weighted by atomic mass is 32.1. The number of thiazole rings is 1. The van der Waals surface area contributed by atoms with E-state index in [9.17, 15) is 4.79 Å². The number of nitrogens with zero attached hydrogens (tertiary/aromatic N) is 4. The zero-order valence-electron chi connectivity index (χ0n) is 16.4. The number of hydrogen-bond acceptors (Lipinski definition) is 5. The Hall–Kier alpha value is -2.67. The Morgan fingerprint density at radius 2 is 2.07 bits per heavy atom. The van der Waals surface area contributed by atoms with Gasteiger partial charge in [-0.15, -0.1) is 11.3 Å². The van der Waals surface area contributed by atoms with Crippen LogP contribution >= 0.6 is 11.3 Å². The molecule has 6 nitrogen and oxygen atoms in total. The molecule has 0 saturated heterocycles. The Morgan fingerprint density at radius 1 is 1.29 bits per heavy atom. The third-order valence-electron chi connectivity index (χ3n) is 4.78. The van der Waals surface area contributed by atoms with E-state index in [1.54, 1.807) is 23.3 Å². The fraction of sp³-hybridized carbons (Fsp3) is 0.381. The number of benzene rings is 1. The number of carbonyl (C=O) groups is 1. The second-order valence-electron chi connectivity index (χ2n) is 7.40. The van der Waals surface area contributed by atoms with Gasteiger partial charge in [0.2, 0.25) is 0 Å². The lowest BCUT2D eigenvalue weighted by molar-refractivity contribution is -0.120. The second-order valence-corrected chi connectivity index (χ2v) is 8.47. The van der Waals surface area contributed by atoms with E-state index in [0.29, 0.717) is 16.8 Å². The van der Waals surface area contributed by atoms with Crippen LogP contribution in [0.3, 0.4) is 0 Å². The molecule has 0 bridgehead atoms. The molecule has 2 aromatic heterocycles. The van der Waals surface area contributed by atoms with Crippen LogP contribution in [0.1, 0.15) is 24.4 Å². The van der Waals surface area contributed by atoms with Crippen molar-refractivity contribution < 1.29 is 9.53 Å². The maximum absolute atomic E-state index is 12.6. The van der Waals surface area contributed by atoms with E-state index in [1.807, 2.05) is 36.5 Å². The number of carbonyl (C=O) groups excluding carboxylic acids is 1. The Morgan fingerprint density at radius 3 is 2.82 bits per heavy atom. The van der Waals surface area contributed by atoms with Crippen LogP contribution in [0.5, 0.6) is 5.75 Å². The molecule has 0 radical (unpaired) electrons. The van der Waals surface area contributed by atoms with Crippen molar-refractivity contribution in [3.8, 4) is 17.0 Å². The SMILES string of the molecule is CC(C)Cn1ncc2c1CCc1sc(N(C)C(=O)COc3ccccc3)nc1-2. The van der Waals surface area contributed by atoms with Gasteiger partial charge < -0.3 is 4.74 Å². The van der Waals surface area contributed by atoms with Gasteiger partial charge in [-0.25, -0.2) is 4.98 Å². The summed E-state index contributed by atoms with van der Waals surface area (Å²) in [5, 5.41) is 5.27. The largest absolute Gasteiger partial charge is 0.484 e. The number of ether oxygens (including phenoxy) is 1. The lowest BCUT2D eigenvalue weighted by Gasteiger charge is -2.14. The van der Waals surface area contributed by atoms with Crippen LogP contribution < -0.4 is 9.64 Å². The monoisotopic (exact) mass is 396 g/mol. The van der Waals surface area contributed by atoms with Crippen molar-refractivity contribution in [2.75, 3.05) is 18.6 Å². The summed E-state index contributed by atoms with van der Waals surface area (Å²) in [6.07, 6.45) is 3.82. The van der Waals surface area contributed by atoms with Gasteiger partial charge in [0.05, 0.1) is 11.9 Å². The third kappa shape index (κ3) is 3.67. The summed E-state index contributed by atoms with van der Waals surface area (Å²) in [5.41, 5.74) is 3.32. The molecule has 1 amide bonds. The molecule has 0 atom stereocenters. The number of hydrogen-bond donors (Lipinski definition) is 0. The summed E-state index contributed by atoms with van der Waals surface area (Å²) in [7, 11) is 1.75. The highest BCUT2D eigenvalue weighted by molar-refractivity contribution is 7.16. The first-order chi connectivity index (χ1) is 13.5. The van der Waals surface area contributed by atoms with Gasteiger partial charge >= 0.3 is 0 Å². The number of aromatic nitrogens is 3. The van der Waals surface area contributed by atoms with Crippen LogP contribution in [-0.4, -0.2) is 34.3 Å². The first kappa shape index (κ1) is 18.7. The first-order valence-electron chi connectivity index (χ1n) is 9.52. The van der Waals surface area contributed by atoms with Crippen molar-refractivity contribution in [2.45, 2.75) is 33.2 Å². The summed E-state index contributed by atoms with van der Waals surface area (Å²) in [6.45, 7) is 5.29. The van der Waals surface area contributed by atoms with Gasteiger partial charge in [-0.2, -0.15) is 5.10 Å². The average Bonchev–Trinajstić information content (AvgIpc) is 3.30. The highest BCUT2D eigenvalue weighted by Gasteiger charge is 2.27. The minimum atomic E-state index is -0.120.